The maximum atomic E-state index is 12.6. The second-order valence-corrected chi connectivity index (χ2v) is 5.27. The second kappa shape index (κ2) is 6.52. The zero-order valence-electron chi connectivity index (χ0n) is 11.8. The van der Waals surface area contributed by atoms with Crippen molar-refractivity contribution in [3.63, 3.8) is 0 Å². The molecule has 1 aliphatic rings. The number of rotatable bonds is 4. The van der Waals surface area contributed by atoms with Crippen LogP contribution in [0.4, 0.5) is 0 Å². The van der Waals surface area contributed by atoms with Crippen molar-refractivity contribution in [1.29, 1.82) is 0 Å². The van der Waals surface area contributed by atoms with Crippen LogP contribution >= 0.6 is 0 Å². The quantitative estimate of drug-likeness (QED) is 0.848. The Kier molecular flexibility index (Phi) is 4.74. The third-order valence-corrected chi connectivity index (χ3v) is 3.56. The van der Waals surface area contributed by atoms with Crippen molar-refractivity contribution in [3.8, 4) is 0 Å². The van der Waals surface area contributed by atoms with Crippen molar-refractivity contribution in [3.05, 3.63) is 35.4 Å². The first-order valence-corrected chi connectivity index (χ1v) is 6.94. The maximum Gasteiger partial charge on any atom is 0.254 e. The highest BCUT2D eigenvalue weighted by Crippen LogP contribution is 2.15. The van der Waals surface area contributed by atoms with Crippen LogP contribution in [-0.2, 0) is 4.79 Å². The van der Waals surface area contributed by atoms with Crippen LogP contribution in [0.1, 0.15) is 28.8 Å². The highest BCUT2D eigenvalue weighted by molar-refractivity contribution is 5.96. The van der Waals surface area contributed by atoms with E-state index in [4.69, 9.17) is 5.73 Å². The minimum Gasteiger partial charge on any atom is -0.368 e. The summed E-state index contributed by atoms with van der Waals surface area (Å²) in [7, 11) is 0. The van der Waals surface area contributed by atoms with Crippen molar-refractivity contribution in [2.75, 3.05) is 19.6 Å². The number of carbonyl (C=O) groups excluding carboxylic acids is 2. The molecule has 5 heteroatoms. The van der Waals surface area contributed by atoms with E-state index in [0.29, 0.717) is 12.1 Å². The molecule has 1 saturated heterocycles. The number of nitrogens with zero attached hydrogens (tertiary/aromatic N) is 1. The molecular weight excluding hydrogens is 254 g/mol. The molecule has 3 N–H and O–H groups in total. The molecular formula is C15H21N3O2. The van der Waals surface area contributed by atoms with Crippen molar-refractivity contribution < 1.29 is 9.59 Å². The molecule has 0 aromatic heterocycles. The Morgan fingerprint density at radius 3 is 2.85 bits per heavy atom. The van der Waals surface area contributed by atoms with Crippen molar-refractivity contribution >= 4 is 11.8 Å². The first kappa shape index (κ1) is 14.5. The average Bonchev–Trinajstić information content (AvgIpc) is 2.45. The molecule has 1 aromatic carbocycles. The van der Waals surface area contributed by atoms with E-state index in [-0.39, 0.29) is 18.5 Å². The minimum absolute atomic E-state index is 0.0286. The first-order chi connectivity index (χ1) is 9.58. The van der Waals surface area contributed by atoms with E-state index in [1.165, 1.54) is 0 Å². The van der Waals surface area contributed by atoms with Gasteiger partial charge in [0.2, 0.25) is 5.91 Å². The summed E-state index contributed by atoms with van der Waals surface area (Å²) in [5.41, 5.74) is 6.93. The molecule has 0 saturated carbocycles. The molecule has 1 heterocycles. The number of nitrogens with two attached hydrogens (primary N) is 1. The van der Waals surface area contributed by atoms with Crippen LogP contribution in [0, 0.1) is 6.92 Å². The Morgan fingerprint density at radius 2 is 2.25 bits per heavy atom. The molecule has 1 atom stereocenters. The largest absolute Gasteiger partial charge is 0.368 e. The topological polar surface area (TPSA) is 75.4 Å². The molecule has 1 unspecified atom stereocenters. The third kappa shape index (κ3) is 3.57. The summed E-state index contributed by atoms with van der Waals surface area (Å²) >= 11 is 0. The molecule has 1 aliphatic heterocycles. The average molecular weight is 275 g/mol. The Hall–Kier alpha value is -1.88. The first-order valence-electron chi connectivity index (χ1n) is 6.94. The van der Waals surface area contributed by atoms with E-state index in [9.17, 15) is 9.59 Å². The van der Waals surface area contributed by atoms with Gasteiger partial charge in [-0.15, -0.1) is 0 Å². The smallest absolute Gasteiger partial charge is 0.254 e. The van der Waals surface area contributed by atoms with E-state index in [1.807, 2.05) is 25.1 Å². The maximum absolute atomic E-state index is 12.6. The summed E-state index contributed by atoms with van der Waals surface area (Å²) in [5.74, 6) is -0.599. The molecule has 0 spiro atoms. The van der Waals surface area contributed by atoms with Gasteiger partial charge in [-0.3, -0.25) is 9.59 Å². The summed E-state index contributed by atoms with van der Waals surface area (Å²) < 4.78 is 0. The number of carbonyl (C=O) groups is 2. The van der Waals surface area contributed by atoms with Gasteiger partial charge in [0, 0.05) is 18.2 Å². The Labute approximate surface area is 119 Å². The van der Waals surface area contributed by atoms with Gasteiger partial charge in [0.1, 0.15) is 0 Å². The fourth-order valence-corrected chi connectivity index (χ4v) is 2.58. The van der Waals surface area contributed by atoms with Crippen LogP contribution in [0.15, 0.2) is 24.3 Å². The number of nitrogens with one attached hydrogen (secondary N) is 1. The molecule has 0 aliphatic carbocycles. The standard InChI is InChI=1S/C15H21N3O2/c1-11-4-2-5-12(8-11)15(20)18(10-14(16)19)13-6-3-7-17-9-13/h2,4-5,8,13,17H,3,6-7,9-10H2,1H3,(H2,16,19). The minimum atomic E-state index is -0.475. The van der Waals surface area contributed by atoms with E-state index >= 15 is 0 Å². The number of hydrogen-bond acceptors (Lipinski definition) is 3. The number of aryl methyl sites for hydroxylation is 1. The van der Waals surface area contributed by atoms with Crippen LogP contribution in [-0.4, -0.2) is 42.4 Å². The fourth-order valence-electron chi connectivity index (χ4n) is 2.58. The van der Waals surface area contributed by atoms with Crippen LogP contribution in [0.3, 0.4) is 0 Å². The third-order valence-electron chi connectivity index (χ3n) is 3.56. The normalized spacial score (nSPS) is 18.6. The lowest BCUT2D eigenvalue weighted by Gasteiger charge is -2.34. The van der Waals surface area contributed by atoms with Gasteiger partial charge in [-0.1, -0.05) is 17.7 Å². The molecule has 0 radical (unpaired) electrons. The van der Waals surface area contributed by atoms with Gasteiger partial charge < -0.3 is 16.0 Å². The van der Waals surface area contributed by atoms with Crippen LogP contribution < -0.4 is 11.1 Å². The van der Waals surface area contributed by atoms with Gasteiger partial charge >= 0.3 is 0 Å². The van der Waals surface area contributed by atoms with Gasteiger partial charge in [0.25, 0.3) is 5.91 Å². The zero-order valence-corrected chi connectivity index (χ0v) is 11.8. The molecule has 20 heavy (non-hydrogen) atoms. The highest BCUT2D eigenvalue weighted by Gasteiger charge is 2.27. The van der Waals surface area contributed by atoms with E-state index in [2.05, 4.69) is 5.32 Å². The lowest BCUT2D eigenvalue weighted by molar-refractivity contribution is -0.119. The van der Waals surface area contributed by atoms with Crippen molar-refractivity contribution in [2.24, 2.45) is 5.73 Å². The van der Waals surface area contributed by atoms with Crippen LogP contribution in [0.5, 0.6) is 0 Å². The monoisotopic (exact) mass is 275 g/mol. The molecule has 1 fully saturated rings. The predicted octanol–water partition coefficient (Wildman–Crippen LogP) is 0.675. The fraction of sp³-hybridized carbons (Fsp3) is 0.467. The van der Waals surface area contributed by atoms with Crippen LogP contribution in [0.2, 0.25) is 0 Å². The molecule has 2 rings (SSSR count). The lowest BCUT2D eigenvalue weighted by atomic mass is 10.0. The van der Waals surface area contributed by atoms with E-state index in [0.717, 1.165) is 24.9 Å². The number of primary amides is 1. The van der Waals surface area contributed by atoms with Crippen LogP contribution in [0.25, 0.3) is 0 Å². The van der Waals surface area contributed by atoms with Gasteiger partial charge in [-0.2, -0.15) is 0 Å². The van der Waals surface area contributed by atoms with Gasteiger partial charge in [-0.25, -0.2) is 0 Å². The zero-order chi connectivity index (χ0) is 14.5. The SMILES string of the molecule is Cc1cccc(C(=O)N(CC(N)=O)C2CCCNC2)c1. The summed E-state index contributed by atoms with van der Waals surface area (Å²) in [6.07, 6.45) is 1.90. The predicted molar refractivity (Wildman–Crippen MR) is 77.3 cm³/mol. The molecule has 108 valence electrons. The number of piperidine rings is 1. The molecule has 1 aromatic rings. The lowest BCUT2D eigenvalue weighted by Crippen LogP contribution is -2.51. The van der Waals surface area contributed by atoms with Crippen molar-refractivity contribution in [2.45, 2.75) is 25.8 Å². The summed E-state index contributed by atoms with van der Waals surface area (Å²) in [6.45, 7) is 3.58. The summed E-state index contributed by atoms with van der Waals surface area (Å²) in [5, 5.41) is 3.26. The van der Waals surface area contributed by atoms with Gasteiger partial charge in [-0.05, 0) is 38.4 Å². The Morgan fingerprint density at radius 1 is 1.45 bits per heavy atom. The Balaban J connectivity index is 2.20. The Bertz CT molecular complexity index is 496. The second-order valence-electron chi connectivity index (χ2n) is 5.27. The summed E-state index contributed by atoms with van der Waals surface area (Å²) in [4.78, 5) is 25.5. The van der Waals surface area contributed by atoms with Gasteiger partial charge in [0.05, 0.1) is 6.54 Å². The van der Waals surface area contributed by atoms with E-state index < -0.39 is 5.91 Å². The number of amides is 2. The van der Waals surface area contributed by atoms with Gasteiger partial charge in [0.15, 0.2) is 0 Å². The van der Waals surface area contributed by atoms with Crippen molar-refractivity contribution in [1.82, 2.24) is 10.2 Å². The molecule has 2 amide bonds. The van der Waals surface area contributed by atoms with E-state index in [1.54, 1.807) is 11.0 Å². The molecule has 5 nitrogen and oxygen atoms in total. The number of benzene rings is 1. The number of hydrogen-bond donors (Lipinski definition) is 2. The highest BCUT2D eigenvalue weighted by atomic mass is 16.2. The molecule has 0 bridgehead atoms. The summed E-state index contributed by atoms with van der Waals surface area (Å²) in [6, 6.07) is 7.44.